The molecule has 1 N–H and O–H groups in total. The number of amides is 1. The second-order valence-electron chi connectivity index (χ2n) is 7.38. The first-order valence-electron chi connectivity index (χ1n) is 8.42. The molecule has 128 valence electrons. The highest BCUT2D eigenvalue weighted by molar-refractivity contribution is 5.93. The molecule has 0 bridgehead atoms. The number of hydrogen-bond acceptors (Lipinski definition) is 4. The van der Waals surface area contributed by atoms with E-state index in [1.807, 2.05) is 27.0 Å². The molecular weight excluding hydrogens is 302 g/mol. The maximum atomic E-state index is 12.0. The van der Waals surface area contributed by atoms with Crippen LogP contribution in [0.4, 0.5) is 10.5 Å². The highest BCUT2D eigenvalue weighted by Crippen LogP contribution is 2.29. The number of carbonyl (C=O) groups is 1. The summed E-state index contributed by atoms with van der Waals surface area (Å²) >= 11 is 0. The van der Waals surface area contributed by atoms with Gasteiger partial charge in [-0.3, -0.25) is 4.98 Å². The minimum atomic E-state index is -0.471. The van der Waals surface area contributed by atoms with Crippen molar-refractivity contribution in [1.29, 1.82) is 0 Å². The van der Waals surface area contributed by atoms with Gasteiger partial charge < -0.3 is 15.0 Å². The Morgan fingerprint density at radius 3 is 2.88 bits per heavy atom. The van der Waals surface area contributed by atoms with Crippen molar-refractivity contribution in [3.63, 3.8) is 0 Å². The van der Waals surface area contributed by atoms with Crippen molar-refractivity contribution < 1.29 is 9.53 Å². The molecule has 0 radical (unpaired) electrons. The molecule has 24 heavy (non-hydrogen) atoms. The normalized spacial score (nSPS) is 18.0. The van der Waals surface area contributed by atoms with Gasteiger partial charge in [-0.1, -0.05) is 18.2 Å². The van der Waals surface area contributed by atoms with Crippen LogP contribution in [-0.2, 0) is 4.74 Å². The lowest BCUT2D eigenvalue weighted by Crippen LogP contribution is -2.40. The lowest BCUT2D eigenvalue weighted by molar-refractivity contribution is 0.0509. The van der Waals surface area contributed by atoms with Crippen molar-refractivity contribution in [3.8, 4) is 0 Å². The topological polar surface area (TPSA) is 54.5 Å². The Labute approximate surface area is 143 Å². The van der Waals surface area contributed by atoms with Crippen LogP contribution in [0.15, 0.2) is 30.5 Å². The molecule has 0 saturated carbocycles. The standard InChI is InChI=1S/C19H25N3O2/c1-13-6-5-7-15-16(8-10-20-17(13)15)22-11-9-14(12-22)21-18(23)24-19(2,3)4/h5-8,10,14H,9,11-12H2,1-4H3,(H,21,23). The molecule has 0 aliphatic carbocycles. The number of rotatable bonds is 2. The predicted molar refractivity (Wildman–Crippen MR) is 96.5 cm³/mol. The molecule has 0 spiro atoms. The van der Waals surface area contributed by atoms with E-state index >= 15 is 0 Å². The minimum absolute atomic E-state index is 0.105. The van der Waals surface area contributed by atoms with E-state index in [0.29, 0.717) is 0 Å². The second-order valence-corrected chi connectivity index (χ2v) is 7.38. The molecule has 1 aliphatic heterocycles. The van der Waals surface area contributed by atoms with E-state index in [0.717, 1.165) is 30.4 Å². The average Bonchev–Trinajstić information content (AvgIpc) is 2.93. The highest BCUT2D eigenvalue weighted by Gasteiger charge is 2.27. The number of aromatic nitrogens is 1. The van der Waals surface area contributed by atoms with Gasteiger partial charge in [0.1, 0.15) is 5.60 Å². The van der Waals surface area contributed by atoms with E-state index in [-0.39, 0.29) is 12.1 Å². The molecule has 1 atom stereocenters. The number of benzene rings is 1. The van der Waals surface area contributed by atoms with Crippen LogP contribution in [0.5, 0.6) is 0 Å². The number of alkyl carbamates (subject to hydrolysis) is 1. The van der Waals surface area contributed by atoms with Gasteiger partial charge in [-0.2, -0.15) is 0 Å². The number of para-hydroxylation sites is 1. The fraction of sp³-hybridized carbons (Fsp3) is 0.474. The summed E-state index contributed by atoms with van der Waals surface area (Å²) in [6.07, 6.45) is 2.43. The van der Waals surface area contributed by atoms with Crippen LogP contribution in [0.2, 0.25) is 0 Å². The van der Waals surface area contributed by atoms with Crippen molar-refractivity contribution in [2.45, 2.75) is 45.8 Å². The molecular formula is C19H25N3O2. The molecule has 1 aromatic carbocycles. The third-order valence-electron chi connectivity index (χ3n) is 4.20. The summed E-state index contributed by atoms with van der Waals surface area (Å²) in [5, 5.41) is 4.14. The number of nitrogens with one attached hydrogen (secondary N) is 1. The molecule has 5 nitrogen and oxygen atoms in total. The van der Waals surface area contributed by atoms with Gasteiger partial charge in [-0.25, -0.2) is 4.79 Å². The minimum Gasteiger partial charge on any atom is -0.444 e. The van der Waals surface area contributed by atoms with Gasteiger partial charge in [-0.15, -0.1) is 0 Å². The maximum absolute atomic E-state index is 12.0. The van der Waals surface area contributed by atoms with Crippen LogP contribution >= 0.6 is 0 Å². The van der Waals surface area contributed by atoms with Crippen LogP contribution < -0.4 is 10.2 Å². The maximum Gasteiger partial charge on any atom is 0.407 e. The number of carbonyl (C=O) groups excluding carboxylic acids is 1. The molecule has 2 aromatic rings. The summed E-state index contributed by atoms with van der Waals surface area (Å²) in [7, 11) is 0. The highest BCUT2D eigenvalue weighted by atomic mass is 16.6. The van der Waals surface area contributed by atoms with E-state index < -0.39 is 5.60 Å². The SMILES string of the molecule is Cc1cccc2c(N3CCC(NC(=O)OC(C)(C)C)C3)ccnc12. The Kier molecular flexibility index (Phi) is 4.35. The zero-order chi connectivity index (χ0) is 17.3. The zero-order valence-electron chi connectivity index (χ0n) is 14.8. The number of hydrogen-bond donors (Lipinski definition) is 1. The van der Waals surface area contributed by atoms with E-state index in [1.165, 1.54) is 11.3 Å². The third kappa shape index (κ3) is 3.61. The van der Waals surface area contributed by atoms with E-state index in [4.69, 9.17) is 4.74 Å². The first-order valence-corrected chi connectivity index (χ1v) is 8.42. The summed E-state index contributed by atoms with van der Waals surface area (Å²) < 4.78 is 5.35. The molecule has 2 heterocycles. The average molecular weight is 327 g/mol. The number of anilines is 1. The molecule has 3 rings (SSSR count). The van der Waals surface area contributed by atoms with E-state index in [2.05, 4.69) is 46.4 Å². The number of ether oxygens (including phenoxy) is 1. The Morgan fingerprint density at radius 2 is 2.12 bits per heavy atom. The van der Waals surface area contributed by atoms with Crippen LogP contribution in [0.1, 0.15) is 32.8 Å². The van der Waals surface area contributed by atoms with Crippen LogP contribution in [0.25, 0.3) is 10.9 Å². The van der Waals surface area contributed by atoms with Crippen LogP contribution in [0, 0.1) is 6.92 Å². The van der Waals surface area contributed by atoms with Gasteiger partial charge >= 0.3 is 6.09 Å². The smallest absolute Gasteiger partial charge is 0.407 e. The lowest BCUT2D eigenvalue weighted by atomic mass is 10.1. The molecule has 1 aliphatic rings. The van der Waals surface area contributed by atoms with Crippen molar-refractivity contribution in [1.82, 2.24) is 10.3 Å². The first kappa shape index (κ1) is 16.6. The van der Waals surface area contributed by atoms with Crippen molar-refractivity contribution >= 4 is 22.7 Å². The summed E-state index contributed by atoms with van der Waals surface area (Å²) in [5.41, 5.74) is 2.93. The number of aryl methyl sites for hydroxylation is 1. The third-order valence-corrected chi connectivity index (χ3v) is 4.20. The summed E-state index contributed by atoms with van der Waals surface area (Å²) in [6, 6.07) is 8.41. The van der Waals surface area contributed by atoms with Gasteiger partial charge in [0.15, 0.2) is 0 Å². The predicted octanol–water partition coefficient (Wildman–Crippen LogP) is 3.65. The summed E-state index contributed by atoms with van der Waals surface area (Å²) in [6.45, 7) is 9.40. The van der Waals surface area contributed by atoms with Crippen molar-refractivity contribution in [2.24, 2.45) is 0 Å². The monoisotopic (exact) mass is 327 g/mol. The number of nitrogens with zero attached hydrogens (tertiary/aromatic N) is 2. The van der Waals surface area contributed by atoms with Gasteiger partial charge in [0.25, 0.3) is 0 Å². The van der Waals surface area contributed by atoms with Crippen LogP contribution in [-0.4, -0.2) is 35.8 Å². The van der Waals surface area contributed by atoms with Gasteiger partial charge in [-0.05, 0) is 45.7 Å². The van der Waals surface area contributed by atoms with Crippen molar-refractivity contribution in [2.75, 3.05) is 18.0 Å². The zero-order valence-corrected chi connectivity index (χ0v) is 14.8. The van der Waals surface area contributed by atoms with Gasteiger partial charge in [0.2, 0.25) is 0 Å². The molecule has 1 saturated heterocycles. The Hall–Kier alpha value is -2.30. The number of fused-ring (bicyclic) bond motifs is 1. The van der Waals surface area contributed by atoms with Gasteiger partial charge in [0.05, 0.1) is 11.6 Å². The second kappa shape index (κ2) is 6.30. The summed E-state index contributed by atoms with van der Waals surface area (Å²) in [5.74, 6) is 0. The Balaban J connectivity index is 1.72. The quantitative estimate of drug-likeness (QED) is 0.915. The van der Waals surface area contributed by atoms with Crippen molar-refractivity contribution in [3.05, 3.63) is 36.0 Å². The fourth-order valence-electron chi connectivity index (χ4n) is 3.16. The molecule has 1 amide bonds. The first-order chi connectivity index (χ1) is 11.3. The van der Waals surface area contributed by atoms with E-state index in [1.54, 1.807) is 0 Å². The van der Waals surface area contributed by atoms with Crippen LogP contribution in [0.3, 0.4) is 0 Å². The van der Waals surface area contributed by atoms with E-state index in [9.17, 15) is 4.79 Å². The lowest BCUT2D eigenvalue weighted by Gasteiger charge is -2.23. The van der Waals surface area contributed by atoms with Gasteiger partial charge in [0, 0.05) is 30.4 Å². The Morgan fingerprint density at radius 1 is 1.33 bits per heavy atom. The molecule has 5 heteroatoms. The molecule has 1 fully saturated rings. The summed E-state index contributed by atoms with van der Waals surface area (Å²) in [4.78, 5) is 18.8. The molecule has 1 aromatic heterocycles. The molecule has 1 unspecified atom stereocenters. The Bertz CT molecular complexity index is 752. The number of pyridine rings is 1. The largest absolute Gasteiger partial charge is 0.444 e. The fourth-order valence-corrected chi connectivity index (χ4v) is 3.16.